The minimum Gasteiger partial charge on any atom is -0.508 e. The fourth-order valence-electron chi connectivity index (χ4n) is 7.09. The minimum atomic E-state index is -5.00. The summed E-state index contributed by atoms with van der Waals surface area (Å²) in [6.07, 6.45) is 0.240. The van der Waals surface area contributed by atoms with Crippen LogP contribution in [0.4, 0.5) is 39.8 Å². The van der Waals surface area contributed by atoms with E-state index in [0.29, 0.717) is 16.5 Å². The van der Waals surface area contributed by atoms with Gasteiger partial charge in [-0.05, 0) is 122 Å². The number of amides is 1. The molecule has 7 aromatic carbocycles. The van der Waals surface area contributed by atoms with Crippen LogP contribution in [0.25, 0.3) is 21.5 Å². The molecule has 26 heteroatoms. The number of rotatable bonds is 21. The van der Waals surface area contributed by atoms with Gasteiger partial charge in [-0.15, -0.1) is 20.5 Å². The summed E-state index contributed by atoms with van der Waals surface area (Å²) in [6.45, 7) is 3.61. The fraction of sp³-hybridized carbons (Fsp3) is 0.188. The Kier molecular flexibility index (Phi) is 16.5. The molecule has 0 heterocycles. The maximum absolute atomic E-state index is 13.6. The van der Waals surface area contributed by atoms with Crippen LogP contribution in [0, 0.1) is 0 Å². The van der Waals surface area contributed by atoms with Gasteiger partial charge in [0.1, 0.15) is 56.4 Å². The number of azo groups is 3. The second kappa shape index (κ2) is 22.7. The maximum atomic E-state index is 13.6. The molecule has 1 amide bonds. The SMILES string of the molecule is CCOc1cc(N=Nc2c(S(=O)(=O)O)cc3cc(N=Nc4ccc(O)cc4)ccc3c2O)c(OCC)cc1N=Nc1ccc(C(=O)Nc2ccc3cc(S(=O)(=O)O)cc(OCCCCS(=O)(=O)O)c3c2)cc1OC. The molecule has 0 saturated heterocycles. The lowest BCUT2D eigenvalue weighted by molar-refractivity contribution is 0.102. The summed E-state index contributed by atoms with van der Waals surface area (Å²) >= 11 is 0. The molecule has 7 aromatic rings. The first-order valence-electron chi connectivity index (χ1n) is 22.0. The van der Waals surface area contributed by atoms with Crippen LogP contribution in [-0.2, 0) is 30.4 Å². The van der Waals surface area contributed by atoms with Crippen molar-refractivity contribution in [1.29, 1.82) is 0 Å². The van der Waals surface area contributed by atoms with Crippen LogP contribution in [-0.4, -0.2) is 87.7 Å². The van der Waals surface area contributed by atoms with Crippen molar-refractivity contribution in [1.82, 2.24) is 0 Å². The first-order valence-corrected chi connectivity index (χ1v) is 26.5. The van der Waals surface area contributed by atoms with Crippen LogP contribution < -0.4 is 24.3 Å². The third-order valence-corrected chi connectivity index (χ3v) is 13.1. The second-order valence-corrected chi connectivity index (χ2v) is 20.1. The number of fused-ring (bicyclic) bond motifs is 2. The molecule has 0 aliphatic carbocycles. The lowest BCUT2D eigenvalue weighted by Gasteiger charge is -2.13. The van der Waals surface area contributed by atoms with E-state index in [1.807, 2.05) is 0 Å². The Balaban J connectivity index is 1.13. The Morgan fingerprint density at radius 3 is 1.85 bits per heavy atom. The number of hydrogen-bond acceptors (Lipinski definition) is 19. The highest BCUT2D eigenvalue weighted by molar-refractivity contribution is 7.86. The zero-order valence-corrected chi connectivity index (χ0v) is 41.7. The van der Waals surface area contributed by atoms with Gasteiger partial charge in [0, 0.05) is 40.2 Å². The van der Waals surface area contributed by atoms with Gasteiger partial charge in [0.2, 0.25) is 0 Å². The van der Waals surface area contributed by atoms with E-state index in [9.17, 15) is 49.4 Å². The van der Waals surface area contributed by atoms with Crippen molar-refractivity contribution in [3.05, 3.63) is 115 Å². The first-order chi connectivity index (χ1) is 35.1. The van der Waals surface area contributed by atoms with Gasteiger partial charge < -0.3 is 34.5 Å². The normalized spacial score (nSPS) is 12.3. The molecule has 7 rings (SSSR count). The molecule has 0 aliphatic rings. The number of carbonyl (C=O) groups is 1. The van der Waals surface area contributed by atoms with Crippen LogP contribution >= 0.6 is 0 Å². The minimum absolute atomic E-state index is 0.0137. The van der Waals surface area contributed by atoms with Gasteiger partial charge in [-0.3, -0.25) is 18.5 Å². The van der Waals surface area contributed by atoms with E-state index in [4.69, 9.17) is 23.5 Å². The van der Waals surface area contributed by atoms with E-state index >= 15 is 0 Å². The first kappa shape index (κ1) is 53.7. The summed E-state index contributed by atoms with van der Waals surface area (Å²) in [5.74, 6) is -1.28. The highest BCUT2D eigenvalue weighted by Crippen LogP contribution is 2.46. The molecular formula is C48H45N7O16S3. The molecular weight excluding hydrogens is 1030 g/mol. The summed E-state index contributed by atoms with van der Waals surface area (Å²) in [5, 5.41) is 49.9. The molecule has 0 aliphatic heterocycles. The Labute approximate surface area is 423 Å². The number of nitrogens with one attached hydrogen (secondary N) is 1. The number of phenolic OH excluding ortho intramolecular Hbond substituents is 2. The van der Waals surface area contributed by atoms with E-state index in [1.165, 1.54) is 104 Å². The van der Waals surface area contributed by atoms with Crippen molar-refractivity contribution in [2.24, 2.45) is 30.7 Å². The highest BCUT2D eigenvalue weighted by Gasteiger charge is 2.24. The van der Waals surface area contributed by atoms with Crippen molar-refractivity contribution in [2.45, 2.75) is 36.5 Å². The van der Waals surface area contributed by atoms with E-state index in [-0.39, 0.29) is 106 Å². The Hall–Kier alpha value is -8.14. The summed E-state index contributed by atoms with van der Waals surface area (Å²) in [7, 11) is -12.5. The molecule has 0 spiro atoms. The van der Waals surface area contributed by atoms with Crippen molar-refractivity contribution >= 4 is 97.6 Å². The van der Waals surface area contributed by atoms with Crippen molar-refractivity contribution in [3.8, 4) is 34.5 Å². The number of aromatic hydroxyl groups is 2. The van der Waals surface area contributed by atoms with Crippen LogP contribution in [0.15, 0.2) is 150 Å². The smallest absolute Gasteiger partial charge is 0.296 e. The third-order valence-electron chi connectivity index (χ3n) is 10.5. The van der Waals surface area contributed by atoms with E-state index in [1.54, 1.807) is 13.8 Å². The number of unbranched alkanes of at least 4 members (excludes halogenated alkanes) is 1. The van der Waals surface area contributed by atoms with E-state index < -0.39 is 63.2 Å². The second-order valence-electron chi connectivity index (χ2n) is 15.7. The summed E-state index contributed by atoms with van der Waals surface area (Å²) in [6, 6.07) is 25.4. The molecule has 386 valence electrons. The summed E-state index contributed by atoms with van der Waals surface area (Å²) in [4.78, 5) is 12.4. The van der Waals surface area contributed by atoms with Crippen LogP contribution in [0.2, 0.25) is 0 Å². The molecule has 6 N–H and O–H groups in total. The third kappa shape index (κ3) is 13.5. The molecule has 0 bridgehead atoms. The summed E-state index contributed by atoms with van der Waals surface area (Å²) < 4.78 is 124. The molecule has 0 radical (unpaired) electrons. The topological polar surface area (TPSA) is 344 Å². The number of anilines is 1. The zero-order valence-electron chi connectivity index (χ0n) is 39.3. The lowest BCUT2D eigenvalue weighted by atomic mass is 10.1. The van der Waals surface area contributed by atoms with Crippen molar-refractivity contribution in [2.75, 3.05) is 38.0 Å². The quantitative estimate of drug-likeness (QED) is 0.0221. The molecule has 0 aromatic heterocycles. The standard InChI is InChI=1S/C48H45N7O16S3/c1-4-69-43-27-40(54-55-46-45(74(65,66)67)23-30-20-33(13-16-36(30)47(46)57)51-50-31-11-14-34(56)15-12-31)44(70-5-2)26-39(43)53-52-38-17-9-29(22-42(38)68-3)48(58)49-32-10-8-28-21-35(73(62,63)64)25-41(37(28)24-32)71-18-6-7-19-72(59,60)61/h8-17,20-27,56-57H,4-7,18-19H2,1-3H3,(H,49,58)(H,59,60,61)(H,62,63,64)(H,65,66,67). The van der Waals surface area contributed by atoms with Gasteiger partial charge in [-0.2, -0.15) is 35.5 Å². The molecule has 23 nitrogen and oxygen atoms in total. The van der Waals surface area contributed by atoms with Gasteiger partial charge in [0.25, 0.3) is 36.3 Å². The van der Waals surface area contributed by atoms with Crippen LogP contribution in [0.3, 0.4) is 0 Å². The average molecular weight is 1070 g/mol. The number of methoxy groups -OCH3 is 1. The van der Waals surface area contributed by atoms with Crippen molar-refractivity contribution in [3.63, 3.8) is 0 Å². The van der Waals surface area contributed by atoms with Gasteiger partial charge in [0.05, 0.1) is 49.0 Å². The van der Waals surface area contributed by atoms with Gasteiger partial charge in [-0.25, -0.2) is 0 Å². The maximum Gasteiger partial charge on any atom is 0.296 e. The molecule has 0 saturated carbocycles. The molecule has 74 heavy (non-hydrogen) atoms. The van der Waals surface area contributed by atoms with Gasteiger partial charge >= 0.3 is 0 Å². The number of nitrogens with zero attached hydrogens (tertiary/aromatic N) is 6. The Bertz CT molecular complexity index is 3720. The van der Waals surface area contributed by atoms with E-state index in [2.05, 4.69) is 36.0 Å². The highest BCUT2D eigenvalue weighted by atomic mass is 32.2. The monoisotopic (exact) mass is 1070 g/mol. The van der Waals surface area contributed by atoms with Crippen molar-refractivity contribution < 1.29 is 72.9 Å². The van der Waals surface area contributed by atoms with Crippen LogP contribution in [0.5, 0.6) is 34.5 Å². The number of hydrogen-bond donors (Lipinski definition) is 6. The molecule has 0 atom stereocenters. The lowest BCUT2D eigenvalue weighted by Crippen LogP contribution is -2.12. The molecule has 0 unspecified atom stereocenters. The number of carbonyl (C=O) groups excluding carboxylic acids is 1. The largest absolute Gasteiger partial charge is 0.508 e. The number of benzene rings is 7. The fourth-order valence-corrected chi connectivity index (χ4v) is 8.85. The predicted molar refractivity (Wildman–Crippen MR) is 271 cm³/mol. The van der Waals surface area contributed by atoms with Gasteiger partial charge in [0.15, 0.2) is 5.75 Å². The number of ether oxygens (including phenoxy) is 4. The Morgan fingerprint density at radius 2 is 1.22 bits per heavy atom. The van der Waals surface area contributed by atoms with E-state index in [0.717, 1.165) is 12.1 Å². The number of phenols is 2. The predicted octanol–water partition coefficient (Wildman–Crippen LogP) is 11.2. The van der Waals surface area contributed by atoms with Gasteiger partial charge in [-0.1, -0.05) is 6.07 Å². The van der Waals surface area contributed by atoms with Crippen LogP contribution in [0.1, 0.15) is 37.0 Å². The molecule has 0 fully saturated rings. The Morgan fingerprint density at radius 1 is 0.568 bits per heavy atom. The zero-order chi connectivity index (χ0) is 53.4. The average Bonchev–Trinajstić information content (AvgIpc) is 3.34. The summed E-state index contributed by atoms with van der Waals surface area (Å²) in [5.41, 5.74) is 0.874.